The van der Waals surface area contributed by atoms with Crippen LogP contribution in [0.2, 0.25) is 0 Å². The first-order chi connectivity index (χ1) is 12.8. The molecular weight excluding hydrogens is 340 g/mol. The Morgan fingerprint density at radius 3 is 2.73 bits per heavy atom. The van der Waals surface area contributed by atoms with Crippen LogP contribution in [0.3, 0.4) is 0 Å². The molecule has 0 N–H and O–H groups in total. The van der Waals surface area contributed by atoms with Gasteiger partial charge in [-0.2, -0.15) is 5.26 Å². The molecule has 0 fully saturated rings. The molecule has 0 saturated carbocycles. The van der Waals surface area contributed by atoms with Crippen LogP contribution in [0.4, 0.5) is 0 Å². The number of hydrogen-bond donors (Lipinski definition) is 0. The first kappa shape index (κ1) is 16.3. The van der Waals surface area contributed by atoms with Crippen LogP contribution in [-0.4, -0.2) is 11.6 Å². The number of fused-ring (bicyclic) bond motifs is 2. The summed E-state index contributed by atoms with van der Waals surface area (Å²) in [5, 5.41) is 12.7. The van der Waals surface area contributed by atoms with Crippen LogP contribution in [0, 0.1) is 11.3 Å². The minimum Gasteiger partial charge on any atom is -0.493 e. The summed E-state index contributed by atoms with van der Waals surface area (Å²) in [4.78, 5) is 4.62. The second-order valence-corrected chi connectivity index (χ2v) is 6.82. The molecule has 0 aliphatic rings. The van der Waals surface area contributed by atoms with Gasteiger partial charge in [-0.1, -0.05) is 42.5 Å². The standard InChI is InChI=1S/C22H16N2OS/c1-2-25-20-12-11-15-7-3-4-8-17(15)18(20)13-16(14-23)22-24-19-9-5-6-10-21(19)26-22/h3-13H,2H2,1H3/b16-13+. The second-order valence-electron chi connectivity index (χ2n) is 5.79. The van der Waals surface area contributed by atoms with E-state index in [2.05, 4.69) is 23.2 Å². The lowest BCUT2D eigenvalue weighted by molar-refractivity contribution is 0.340. The highest BCUT2D eigenvalue weighted by molar-refractivity contribution is 7.19. The summed E-state index contributed by atoms with van der Waals surface area (Å²) in [6, 6.07) is 22.4. The third kappa shape index (κ3) is 2.94. The number of hydrogen-bond acceptors (Lipinski definition) is 4. The summed E-state index contributed by atoms with van der Waals surface area (Å²) in [6.07, 6.45) is 1.89. The number of benzene rings is 3. The third-order valence-electron chi connectivity index (χ3n) is 4.16. The van der Waals surface area contributed by atoms with Gasteiger partial charge in [0.1, 0.15) is 16.8 Å². The average molecular weight is 356 g/mol. The maximum absolute atomic E-state index is 9.77. The first-order valence-electron chi connectivity index (χ1n) is 8.42. The summed E-state index contributed by atoms with van der Waals surface area (Å²) in [5.41, 5.74) is 2.38. The second kappa shape index (κ2) is 6.99. The number of ether oxygens (including phenoxy) is 1. The number of para-hydroxylation sites is 1. The van der Waals surface area contributed by atoms with Crippen LogP contribution in [-0.2, 0) is 0 Å². The summed E-state index contributed by atoms with van der Waals surface area (Å²) in [5.74, 6) is 0.778. The van der Waals surface area contributed by atoms with Crippen molar-refractivity contribution in [1.82, 2.24) is 4.98 Å². The van der Waals surface area contributed by atoms with Crippen LogP contribution in [0.15, 0.2) is 60.7 Å². The fraction of sp³-hybridized carbons (Fsp3) is 0.0909. The van der Waals surface area contributed by atoms with Crippen LogP contribution >= 0.6 is 11.3 Å². The van der Waals surface area contributed by atoms with Gasteiger partial charge in [-0.05, 0) is 42.0 Å². The Kier molecular flexibility index (Phi) is 4.39. The zero-order valence-corrected chi connectivity index (χ0v) is 15.1. The fourth-order valence-electron chi connectivity index (χ4n) is 2.98. The van der Waals surface area contributed by atoms with E-state index in [0.29, 0.717) is 12.2 Å². The van der Waals surface area contributed by atoms with Crippen molar-refractivity contribution in [3.8, 4) is 11.8 Å². The molecule has 1 aromatic heterocycles. The van der Waals surface area contributed by atoms with Crippen molar-refractivity contribution in [3.05, 3.63) is 71.2 Å². The van der Waals surface area contributed by atoms with Crippen molar-refractivity contribution < 1.29 is 4.74 Å². The summed E-state index contributed by atoms with van der Waals surface area (Å²) in [7, 11) is 0. The maximum Gasteiger partial charge on any atom is 0.135 e. The molecule has 3 nitrogen and oxygen atoms in total. The largest absolute Gasteiger partial charge is 0.493 e. The van der Waals surface area contributed by atoms with E-state index in [4.69, 9.17) is 4.74 Å². The molecule has 4 aromatic rings. The van der Waals surface area contributed by atoms with Crippen molar-refractivity contribution in [2.24, 2.45) is 0 Å². The molecule has 0 unspecified atom stereocenters. The van der Waals surface area contributed by atoms with Gasteiger partial charge in [0.25, 0.3) is 0 Å². The Labute approximate surface area is 155 Å². The van der Waals surface area contributed by atoms with Crippen molar-refractivity contribution >= 4 is 44.0 Å². The number of nitriles is 1. The van der Waals surface area contributed by atoms with E-state index >= 15 is 0 Å². The minimum absolute atomic E-state index is 0.545. The normalized spacial score (nSPS) is 11.6. The topological polar surface area (TPSA) is 45.9 Å². The molecule has 0 atom stereocenters. The number of nitrogens with zero attached hydrogens (tertiary/aromatic N) is 2. The molecule has 3 aromatic carbocycles. The van der Waals surface area contributed by atoms with Gasteiger partial charge in [-0.15, -0.1) is 11.3 Å². The Hall–Kier alpha value is -3.16. The number of aromatic nitrogens is 1. The number of rotatable bonds is 4. The lowest BCUT2D eigenvalue weighted by Gasteiger charge is -2.11. The van der Waals surface area contributed by atoms with Gasteiger partial charge in [0, 0.05) is 5.56 Å². The van der Waals surface area contributed by atoms with E-state index in [9.17, 15) is 5.26 Å². The number of thiazole rings is 1. The summed E-state index contributed by atoms with van der Waals surface area (Å²) in [6.45, 7) is 2.53. The Morgan fingerprint density at radius 2 is 1.92 bits per heavy atom. The molecule has 4 heteroatoms. The molecule has 0 bridgehead atoms. The third-order valence-corrected chi connectivity index (χ3v) is 5.23. The number of allylic oxidation sites excluding steroid dienone is 1. The highest BCUT2D eigenvalue weighted by atomic mass is 32.1. The Morgan fingerprint density at radius 1 is 1.12 bits per heavy atom. The molecule has 4 rings (SSSR count). The van der Waals surface area contributed by atoms with Crippen LogP contribution in [0.1, 0.15) is 17.5 Å². The van der Waals surface area contributed by atoms with Gasteiger partial charge in [0.05, 0.1) is 22.4 Å². The van der Waals surface area contributed by atoms with E-state index in [0.717, 1.165) is 37.3 Å². The molecule has 0 radical (unpaired) electrons. The predicted octanol–water partition coefficient (Wildman–Crippen LogP) is 5.91. The maximum atomic E-state index is 9.77. The molecule has 26 heavy (non-hydrogen) atoms. The van der Waals surface area contributed by atoms with Crippen LogP contribution in [0.5, 0.6) is 5.75 Å². The lowest BCUT2D eigenvalue weighted by atomic mass is 10.0. The van der Waals surface area contributed by atoms with Gasteiger partial charge < -0.3 is 4.74 Å². The highest BCUT2D eigenvalue weighted by Crippen LogP contribution is 2.34. The van der Waals surface area contributed by atoms with Crippen molar-refractivity contribution in [2.45, 2.75) is 6.92 Å². The van der Waals surface area contributed by atoms with Crippen molar-refractivity contribution in [2.75, 3.05) is 6.61 Å². The monoisotopic (exact) mass is 356 g/mol. The quantitative estimate of drug-likeness (QED) is 0.427. The van der Waals surface area contributed by atoms with Gasteiger partial charge in [-0.3, -0.25) is 0 Å². The van der Waals surface area contributed by atoms with Gasteiger partial charge in [-0.25, -0.2) is 4.98 Å². The Bertz CT molecular complexity index is 1130. The first-order valence-corrected chi connectivity index (χ1v) is 9.24. The molecule has 0 aliphatic heterocycles. The van der Waals surface area contributed by atoms with E-state index < -0.39 is 0 Å². The molecule has 126 valence electrons. The summed E-state index contributed by atoms with van der Waals surface area (Å²) < 4.78 is 6.89. The molecule has 0 saturated heterocycles. The Balaban J connectivity index is 1.92. The molecule has 0 amide bonds. The van der Waals surface area contributed by atoms with Gasteiger partial charge in [0.15, 0.2) is 0 Å². The molecule has 0 aliphatic carbocycles. The smallest absolute Gasteiger partial charge is 0.135 e. The molecule has 0 spiro atoms. The molecular formula is C22H16N2OS. The van der Waals surface area contributed by atoms with E-state index in [-0.39, 0.29) is 0 Å². The minimum atomic E-state index is 0.545. The zero-order valence-electron chi connectivity index (χ0n) is 14.3. The summed E-state index contributed by atoms with van der Waals surface area (Å²) >= 11 is 1.53. The van der Waals surface area contributed by atoms with E-state index in [1.165, 1.54) is 11.3 Å². The lowest BCUT2D eigenvalue weighted by Crippen LogP contribution is -1.95. The van der Waals surface area contributed by atoms with Crippen molar-refractivity contribution in [3.63, 3.8) is 0 Å². The van der Waals surface area contributed by atoms with Crippen LogP contribution < -0.4 is 4.74 Å². The van der Waals surface area contributed by atoms with E-state index in [1.807, 2.05) is 61.5 Å². The highest BCUT2D eigenvalue weighted by Gasteiger charge is 2.12. The van der Waals surface area contributed by atoms with Crippen LogP contribution in [0.25, 0.3) is 32.6 Å². The average Bonchev–Trinajstić information content (AvgIpc) is 3.11. The van der Waals surface area contributed by atoms with Crippen molar-refractivity contribution in [1.29, 1.82) is 5.26 Å². The van der Waals surface area contributed by atoms with E-state index in [1.54, 1.807) is 0 Å². The fourth-order valence-corrected chi connectivity index (χ4v) is 3.91. The zero-order chi connectivity index (χ0) is 17.9. The van der Waals surface area contributed by atoms with Gasteiger partial charge >= 0.3 is 0 Å². The van der Waals surface area contributed by atoms with Gasteiger partial charge in [0.2, 0.25) is 0 Å². The molecule has 1 heterocycles. The predicted molar refractivity (Wildman–Crippen MR) is 108 cm³/mol. The SMILES string of the molecule is CCOc1ccc2ccccc2c1/C=C(\C#N)c1nc2ccccc2s1.